The second-order valence-electron chi connectivity index (χ2n) is 4.05. The largest absolute Gasteiger partial charge is 0.338 e. The maximum Gasteiger partial charge on any atom is 0.140 e. The minimum absolute atomic E-state index is 0.224. The van der Waals surface area contributed by atoms with Crippen LogP contribution in [-0.2, 0) is 24.7 Å². The standard InChI is InChI=1S/C12H15N3OS/c1-9-8-17-12(14-9)7-10(16)3-4-11-13-5-6-15(11)2/h5-6,8H,3-4,7H2,1-2H3. The number of imidazole rings is 1. The molecule has 0 fully saturated rings. The molecular formula is C12H15N3OS. The lowest BCUT2D eigenvalue weighted by atomic mass is 10.1. The van der Waals surface area contributed by atoms with E-state index in [9.17, 15) is 4.79 Å². The van der Waals surface area contributed by atoms with Crippen LogP contribution in [0.5, 0.6) is 0 Å². The average Bonchev–Trinajstić information content (AvgIpc) is 2.85. The molecule has 0 amide bonds. The molecule has 17 heavy (non-hydrogen) atoms. The lowest BCUT2D eigenvalue weighted by molar-refractivity contribution is -0.118. The number of ketones is 1. The number of carbonyl (C=O) groups excluding carboxylic acids is 1. The molecule has 4 nitrogen and oxygen atoms in total. The summed E-state index contributed by atoms with van der Waals surface area (Å²) in [5, 5.41) is 2.88. The number of Topliss-reactive ketones (excluding diaryl/α,β-unsaturated/α-hetero) is 1. The Hall–Kier alpha value is -1.49. The van der Waals surface area contributed by atoms with E-state index in [1.165, 1.54) is 0 Å². The predicted molar refractivity (Wildman–Crippen MR) is 67.1 cm³/mol. The minimum Gasteiger partial charge on any atom is -0.338 e. The van der Waals surface area contributed by atoms with Crippen molar-refractivity contribution in [2.24, 2.45) is 7.05 Å². The number of aromatic nitrogens is 3. The van der Waals surface area contributed by atoms with Crippen LogP contribution in [0.3, 0.4) is 0 Å². The Kier molecular flexibility index (Phi) is 3.68. The van der Waals surface area contributed by atoms with E-state index in [4.69, 9.17) is 0 Å². The van der Waals surface area contributed by atoms with E-state index in [1.54, 1.807) is 17.5 Å². The van der Waals surface area contributed by atoms with Gasteiger partial charge in [-0.05, 0) is 6.92 Å². The van der Waals surface area contributed by atoms with Crippen molar-refractivity contribution < 1.29 is 4.79 Å². The Labute approximate surface area is 104 Å². The average molecular weight is 249 g/mol. The molecule has 2 rings (SSSR count). The lowest BCUT2D eigenvalue weighted by Gasteiger charge is -2.00. The predicted octanol–water partition coefficient (Wildman–Crippen LogP) is 1.93. The summed E-state index contributed by atoms with van der Waals surface area (Å²) in [4.78, 5) is 20.2. The highest BCUT2D eigenvalue weighted by molar-refractivity contribution is 7.09. The van der Waals surface area contributed by atoms with Crippen LogP contribution >= 0.6 is 11.3 Å². The second-order valence-corrected chi connectivity index (χ2v) is 5.00. The summed E-state index contributed by atoms with van der Waals surface area (Å²) in [5.41, 5.74) is 0.988. The molecule has 5 heteroatoms. The van der Waals surface area contributed by atoms with Crippen LogP contribution in [0.2, 0.25) is 0 Å². The monoisotopic (exact) mass is 249 g/mol. The second kappa shape index (κ2) is 5.23. The number of thiazole rings is 1. The first-order valence-electron chi connectivity index (χ1n) is 5.54. The van der Waals surface area contributed by atoms with Crippen LogP contribution in [-0.4, -0.2) is 20.3 Å². The number of hydrogen-bond acceptors (Lipinski definition) is 4. The molecule has 0 aliphatic carbocycles. The van der Waals surface area contributed by atoms with Gasteiger partial charge in [0.1, 0.15) is 16.6 Å². The van der Waals surface area contributed by atoms with E-state index in [0.29, 0.717) is 19.3 Å². The first-order chi connectivity index (χ1) is 8.15. The molecule has 0 saturated carbocycles. The normalized spacial score (nSPS) is 10.7. The van der Waals surface area contributed by atoms with Crippen LogP contribution in [0.4, 0.5) is 0 Å². The van der Waals surface area contributed by atoms with E-state index in [0.717, 1.165) is 16.5 Å². The van der Waals surface area contributed by atoms with E-state index < -0.39 is 0 Å². The molecule has 2 aromatic heterocycles. The fourth-order valence-corrected chi connectivity index (χ4v) is 2.43. The topological polar surface area (TPSA) is 47.8 Å². The number of nitrogens with zero attached hydrogens (tertiary/aromatic N) is 3. The zero-order chi connectivity index (χ0) is 12.3. The molecular weight excluding hydrogens is 234 g/mol. The minimum atomic E-state index is 0.224. The number of carbonyl (C=O) groups is 1. The van der Waals surface area contributed by atoms with Gasteiger partial charge in [-0.1, -0.05) is 0 Å². The zero-order valence-electron chi connectivity index (χ0n) is 10.0. The summed E-state index contributed by atoms with van der Waals surface area (Å²) < 4.78 is 1.95. The molecule has 2 aromatic rings. The summed E-state index contributed by atoms with van der Waals surface area (Å²) >= 11 is 1.55. The van der Waals surface area contributed by atoms with E-state index >= 15 is 0 Å². The van der Waals surface area contributed by atoms with Gasteiger partial charge in [0.15, 0.2) is 0 Å². The van der Waals surface area contributed by atoms with E-state index in [2.05, 4.69) is 9.97 Å². The number of rotatable bonds is 5. The van der Waals surface area contributed by atoms with Gasteiger partial charge in [0.05, 0.1) is 6.42 Å². The van der Waals surface area contributed by atoms with Gasteiger partial charge in [-0.25, -0.2) is 9.97 Å². The third kappa shape index (κ3) is 3.23. The van der Waals surface area contributed by atoms with E-state index in [1.807, 2.05) is 30.1 Å². The summed E-state index contributed by atoms with van der Waals surface area (Å²) in [5.74, 6) is 1.18. The highest BCUT2D eigenvalue weighted by Crippen LogP contribution is 2.11. The maximum atomic E-state index is 11.8. The van der Waals surface area contributed by atoms with Crippen LogP contribution in [0.1, 0.15) is 22.9 Å². The fraction of sp³-hybridized carbons (Fsp3) is 0.417. The maximum absolute atomic E-state index is 11.8. The fourth-order valence-electron chi connectivity index (χ4n) is 1.63. The summed E-state index contributed by atoms with van der Waals surface area (Å²) in [7, 11) is 1.94. The van der Waals surface area contributed by atoms with Gasteiger partial charge in [-0.2, -0.15) is 0 Å². The van der Waals surface area contributed by atoms with Crippen molar-refractivity contribution in [1.29, 1.82) is 0 Å². The van der Waals surface area contributed by atoms with Crippen molar-refractivity contribution >= 4 is 17.1 Å². The first-order valence-corrected chi connectivity index (χ1v) is 6.42. The molecule has 0 spiro atoms. The van der Waals surface area contributed by atoms with Crippen LogP contribution in [0.15, 0.2) is 17.8 Å². The van der Waals surface area contributed by atoms with Crippen molar-refractivity contribution in [2.45, 2.75) is 26.2 Å². The van der Waals surface area contributed by atoms with Gasteiger partial charge in [0.25, 0.3) is 0 Å². The number of aryl methyl sites for hydroxylation is 3. The van der Waals surface area contributed by atoms with Gasteiger partial charge >= 0.3 is 0 Å². The smallest absolute Gasteiger partial charge is 0.140 e. The molecule has 2 heterocycles. The van der Waals surface area contributed by atoms with Crippen LogP contribution < -0.4 is 0 Å². The molecule has 0 aliphatic rings. The molecule has 0 aliphatic heterocycles. The highest BCUT2D eigenvalue weighted by atomic mass is 32.1. The van der Waals surface area contributed by atoms with Gasteiger partial charge in [-0.15, -0.1) is 11.3 Å². The summed E-state index contributed by atoms with van der Waals surface area (Å²) in [6.07, 6.45) is 5.33. The SMILES string of the molecule is Cc1csc(CC(=O)CCc2nccn2C)n1. The Bertz CT molecular complexity index is 515. The molecule has 0 saturated heterocycles. The van der Waals surface area contributed by atoms with Gasteiger partial charge in [-0.3, -0.25) is 4.79 Å². The van der Waals surface area contributed by atoms with Crippen molar-refractivity contribution in [1.82, 2.24) is 14.5 Å². The van der Waals surface area contributed by atoms with Gasteiger partial charge in [0.2, 0.25) is 0 Å². The van der Waals surface area contributed by atoms with Gasteiger partial charge < -0.3 is 4.57 Å². The van der Waals surface area contributed by atoms with Crippen LogP contribution in [0.25, 0.3) is 0 Å². The van der Waals surface area contributed by atoms with E-state index in [-0.39, 0.29) is 5.78 Å². The molecule has 90 valence electrons. The van der Waals surface area contributed by atoms with Crippen molar-refractivity contribution in [3.63, 3.8) is 0 Å². The highest BCUT2D eigenvalue weighted by Gasteiger charge is 2.08. The Morgan fingerprint density at radius 2 is 2.35 bits per heavy atom. The third-order valence-corrected chi connectivity index (χ3v) is 3.53. The molecule has 0 atom stereocenters. The Morgan fingerprint density at radius 3 is 2.94 bits per heavy atom. The van der Waals surface area contributed by atoms with Gasteiger partial charge in [0, 0.05) is 43.4 Å². The Balaban J connectivity index is 1.84. The molecule has 0 unspecified atom stereocenters. The molecule has 0 radical (unpaired) electrons. The zero-order valence-corrected chi connectivity index (χ0v) is 10.8. The van der Waals surface area contributed by atoms with Crippen molar-refractivity contribution in [3.8, 4) is 0 Å². The van der Waals surface area contributed by atoms with Crippen molar-refractivity contribution in [3.05, 3.63) is 34.3 Å². The quantitative estimate of drug-likeness (QED) is 0.813. The number of hydrogen-bond donors (Lipinski definition) is 0. The van der Waals surface area contributed by atoms with Crippen LogP contribution in [0, 0.1) is 6.92 Å². The molecule has 0 aromatic carbocycles. The molecule has 0 bridgehead atoms. The summed E-state index contributed by atoms with van der Waals surface area (Å²) in [6.45, 7) is 1.94. The van der Waals surface area contributed by atoms with Crippen molar-refractivity contribution in [2.75, 3.05) is 0 Å². The first kappa shape index (κ1) is 12.0. The third-order valence-electron chi connectivity index (χ3n) is 2.56. The lowest BCUT2D eigenvalue weighted by Crippen LogP contribution is -2.06. The molecule has 0 N–H and O–H groups in total. The summed E-state index contributed by atoms with van der Waals surface area (Å²) in [6, 6.07) is 0. The Morgan fingerprint density at radius 1 is 1.53 bits per heavy atom.